The van der Waals surface area contributed by atoms with Gasteiger partial charge in [-0.25, -0.2) is 0 Å². The summed E-state index contributed by atoms with van der Waals surface area (Å²) < 4.78 is 0. The van der Waals surface area contributed by atoms with E-state index in [2.05, 4.69) is 10.6 Å². The van der Waals surface area contributed by atoms with Gasteiger partial charge in [0.15, 0.2) is 10.9 Å². The molecule has 4 aromatic rings. The monoisotopic (exact) mass is 640 g/mol. The van der Waals surface area contributed by atoms with E-state index in [1.807, 2.05) is 84.9 Å². The van der Waals surface area contributed by atoms with Crippen molar-refractivity contribution in [2.75, 3.05) is 0 Å². The van der Waals surface area contributed by atoms with Crippen molar-refractivity contribution in [1.29, 1.82) is 0 Å². The summed E-state index contributed by atoms with van der Waals surface area (Å²) in [6, 6.07) is 29.6. The molecule has 3 aliphatic rings. The molecule has 212 valence electrons. The third-order valence-electron chi connectivity index (χ3n) is 8.41. The van der Waals surface area contributed by atoms with E-state index in [0.717, 1.165) is 33.4 Å². The predicted octanol–water partition coefficient (Wildman–Crippen LogP) is 8.60. The van der Waals surface area contributed by atoms with Gasteiger partial charge in [0, 0.05) is 49.8 Å². The number of carbonyl (C=O) groups is 2. The molecule has 4 nitrogen and oxygen atoms in total. The number of benzene rings is 4. The van der Waals surface area contributed by atoms with E-state index in [9.17, 15) is 9.59 Å². The van der Waals surface area contributed by atoms with Crippen LogP contribution >= 0.6 is 47.0 Å². The fraction of sp³-hybridized carbons (Fsp3) is 0.114. The SMILES string of the molecule is O=C1C2=C(CC(=O)C(C3=C(c4ccc(Cl)cc4)C(c4ccc(Cl)cc4)NC(=S)N3)C2c2ccc(Cl)cc2)c2ccccc21. The molecule has 2 N–H and O–H groups in total. The number of allylic oxidation sites excluding steroid dienone is 3. The summed E-state index contributed by atoms with van der Waals surface area (Å²) in [7, 11) is 0. The van der Waals surface area contributed by atoms with Crippen LogP contribution in [0.25, 0.3) is 11.1 Å². The summed E-state index contributed by atoms with van der Waals surface area (Å²) in [5.74, 6) is -1.34. The lowest BCUT2D eigenvalue weighted by atomic mass is 9.68. The molecule has 8 heteroatoms. The highest BCUT2D eigenvalue weighted by molar-refractivity contribution is 7.80. The molecule has 0 spiro atoms. The number of thiocarbonyl (C=S) groups is 1. The number of rotatable bonds is 4. The minimum absolute atomic E-state index is 0.00303. The lowest BCUT2D eigenvalue weighted by Gasteiger charge is -2.40. The number of nitrogens with one attached hydrogen (secondary N) is 2. The summed E-state index contributed by atoms with van der Waals surface area (Å²) in [5.41, 5.74) is 7.01. The van der Waals surface area contributed by atoms with Gasteiger partial charge in [0.1, 0.15) is 5.78 Å². The van der Waals surface area contributed by atoms with Crippen molar-refractivity contribution in [3.8, 4) is 0 Å². The lowest BCUT2D eigenvalue weighted by molar-refractivity contribution is -0.121. The summed E-state index contributed by atoms with van der Waals surface area (Å²) in [6.45, 7) is 0. The third-order valence-corrected chi connectivity index (χ3v) is 9.39. The smallest absolute Gasteiger partial charge is 0.190 e. The number of hydrogen-bond donors (Lipinski definition) is 2. The number of halogens is 3. The van der Waals surface area contributed by atoms with Gasteiger partial charge in [-0.1, -0.05) is 95.5 Å². The Morgan fingerprint density at radius 1 is 0.651 bits per heavy atom. The highest BCUT2D eigenvalue weighted by Crippen LogP contribution is 2.53. The Hall–Kier alpha value is -3.74. The van der Waals surface area contributed by atoms with Gasteiger partial charge in [0.05, 0.1) is 12.0 Å². The van der Waals surface area contributed by atoms with E-state index < -0.39 is 17.9 Å². The van der Waals surface area contributed by atoms with Crippen molar-refractivity contribution in [3.63, 3.8) is 0 Å². The summed E-state index contributed by atoms with van der Waals surface area (Å²) in [5, 5.41) is 8.95. The molecule has 3 atom stereocenters. The van der Waals surface area contributed by atoms with Crippen LogP contribution in [-0.2, 0) is 4.79 Å². The molecule has 43 heavy (non-hydrogen) atoms. The lowest BCUT2D eigenvalue weighted by Crippen LogP contribution is -2.48. The van der Waals surface area contributed by atoms with Crippen molar-refractivity contribution >= 4 is 74.8 Å². The molecular weight excluding hydrogens is 619 g/mol. The highest BCUT2D eigenvalue weighted by Gasteiger charge is 2.48. The summed E-state index contributed by atoms with van der Waals surface area (Å²) in [6.07, 6.45) is 0.137. The van der Waals surface area contributed by atoms with Crippen LogP contribution in [-0.4, -0.2) is 16.7 Å². The zero-order valence-corrected chi connectivity index (χ0v) is 25.6. The molecule has 0 saturated carbocycles. The van der Waals surface area contributed by atoms with Crippen molar-refractivity contribution in [2.24, 2.45) is 5.92 Å². The van der Waals surface area contributed by atoms with Crippen LogP contribution in [0.3, 0.4) is 0 Å². The van der Waals surface area contributed by atoms with E-state index in [1.165, 1.54) is 0 Å². The second kappa shape index (κ2) is 11.1. The van der Waals surface area contributed by atoms with Crippen molar-refractivity contribution in [1.82, 2.24) is 10.6 Å². The van der Waals surface area contributed by atoms with Crippen molar-refractivity contribution in [3.05, 3.63) is 151 Å². The molecule has 0 radical (unpaired) electrons. The quantitative estimate of drug-likeness (QED) is 0.219. The molecule has 3 unspecified atom stereocenters. The van der Waals surface area contributed by atoms with E-state index in [4.69, 9.17) is 47.0 Å². The summed E-state index contributed by atoms with van der Waals surface area (Å²) >= 11 is 24.6. The van der Waals surface area contributed by atoms with Gasteiger partial charge < -0.3 is 10.6 Å². The number of hydrogen-bond acceptors (Lipinski definition) is 3. The third kappa shape index (κ3) is 4.91. The Morgan fingerprint density at radius 2 is 1.21 bits per heavy atom. The van der Waals surface area contributed by atoms with Gasteiger partial charge >= 0.3 is 0 Å². The van der Waals surface area contributed by atoms with E-state index in [-0.39, 0.29) is 18.0 Å². The molecule has 1 heterocycles. The van der Waals surface area contributed by atoms with Crippen LogP contribution in [0.5, 0.6) is 0 Å². The van der Waals surface area contributed by atoms with Crippen LogP contribution in [0.4, 0.5) is 0 Å². The molecule has 7 rings (SSSR count). The van der Waals surface area contributed by atoms with E-state index >= 15 is 0 Å². The first-order valence-corrected chi connectivity index (χ1v) is 15.3. The van der Waals surface area contributed by atoms with Crippen LogP contribution in [0, 0.1) is 5.92 Å². The molecule has 2 aliphatic carbocycles. The molecule has 0 aromatic heterocycles. The second-order valence-corrected chi connectivity index (χ2v) is 12.6. The van der Waals surface area contributed by atoms with Crippen LogP contribution < -0.4 is 10.6 Å². The molecule has 0 fully saturated rings. The average molecular weight is 642 g/mol. The Bertz CT molecular complexity index is 1880. The average Bonchev–Trinajstić information content (AvgIpc) is 3.28. The topological polar surface area (TPSA) is 58.2 Å². The van der Waals surface area contributed by atoms with Gasteiger partial charge in [0.25, 0.3) is 0 Å². The first-order chi connectivity index (χ1) is 20.8. The maximum atomic E-state index is 14.5. The van der Waals surface area contributed by atoms with Crippen molar-refractivity contribution < 1.29 is 9.59 Å². The highest BCUT2D eigenvalue weighted by atomic mass is 35.5. The Kier molecular flexibility index (Phi) is 7.22. The molecule has 4 aromatic carbocycles. The van der Waals surface area contributed by atoms with E-state index in [1.54, 1.807) is 12.1 Å². The second-order valence-electron chi connectivity index (χ2n) is 10.8. The van der Waals surface area contributed by atoms with Gasteiger partial charge in [-0.15, -0.1) is 0 Å². The number of Topliss-reactive ketones (excluding diaryl/α,β-unsaturated/α-hetero) is 2. The Labute approximate surface area is 269 Å². The van der Waals surface area contributed by atoms with Gasteiger partial charge in [-0.3, -0.25) is 9.59 Å². The number of ketones is 2. The molecule has 0 bridgehead atoms. The zero-order valence-electron chi connectivity index (χ0n) is 22.5. The molecular formula is C35H23Cl3N2O2S. The number of carbonyl (C=O) groups excluding carboxylic acids is 2. The minimum Gasteiger partial charge on any atom is -0.351 e. The molecule has 0 saturated heterocycles. The zero-order chi connectivity index (χ0) is 29.8. The van der Waals surface area contributed by atoms with Gasteiger partial charge in [-0.05, 0) is 76.4 Å². The van der Waals surface area contributed by atoms with Gasteiger partial charge in [0.2, 0.25) is 0 Å². The van der Waals surface area contributed by atoms with E-state index in [0.29, 0.717) is 37.0 Å². The van der Waals surface area contributed by atoms with Crippen LogP contribution in [0.1, 0.15) is 51.0 Å². The predicted molar refractivity (Wildman–Crippen MR) is 176 cm³/mol. The normalized spacial score (nSPS) is 21.4. The fourth-order valence-corrected chi connectivity index (χ4v) is 7.18. The van der Waals surface area contributed by atoms with Crippen LogP contribution in [0.15, 0.2) is 108 Å². The van der Waals surface area contributed by atoms with Gasteiger partial charge in [-0.2, -0.15) is 0 Å². The Morgan fingerprint density at radius 3 is 1.84 bits per heavy atom. The minimum atomic E-state index is -0.723. The first kappa shape index (κ1) is 28.1. The standard InChI is InChI=1S/C35H23Cl3N2O2S/c36-21-11-5-18(6-12-21)28-30-26(24-3-1-2-4-25(24)34(30)42)17-27(41)31(28)33-29(19-7-13-22(37)14-8-19)32(39-35(43)40-33)20-9-15-23(38)16-10-20/h1-16,28,31-32H,17H2,(H2,39,40,43). The first-order valence-electron chi connectivity index (χ1n) is 13.8. The fourth-order valence-electron chi connectivity index (χ4n) is 6.57. The maximum Gasteiger partial charge on any atom is 0.190 e. The Balaban J connectivity index is 1.50. The summed E-state index contributed by atoms with van der Waals surface area (Å²) in [4.78, 5) is 28.6. The largest absolute Gasteiger partial charge is 0.351 e. The molecule has 0 amide bonds. The van der Waals surface area contributed by atoms with Crippen molar-refractivity contribution in [2.45, 2.75) is 18.4 Å². The maximum absolute atomic E-state index is 14.5. The number of fused-ring (bicyclic) bond motifs is 2. The molecule has 1 aliphatic heterocycles. The van der Waals surface area contributed by atoms with Crippen LogP contribution in [0.2, 0.25) is 15.1 Å².